The summed E-state index contributed by atoms with van der Waals surface area (Å²) in [5.41, 5.74) is -0.167. The van der Waals surface area contributed by atoms with E-state index in [1.807, 2.05) is 0 Å². The van der Waals surface area contributed by atoms with Gasteiger partial charge in [0, 0.05) is 19.5 Å². The van der Waals surface area contributed by atoms with Crippen molar-refractivity contribution in [1.82, 2.24) is 4.98 Å². The Morgan fingerprint density at radius 3 is 2.03 bits per heavy atom. The van der Waals surface area contributed by atoms with E-state index < -0.39 is 22.1 Å². The summed E-state index contributed by atoms with van der Waals surface area (Å²) >= 11 is 3.42. The second kappa shape index (κ2) is 9.36. The predicted molar refractivity (Wildman–Crippen MR) is 122 cm³/mol. The van der Waals surface area contributed by atoms with Crippen molar-refractivity contribution in [3.8, 4) is 11.5 Å². The highest BCUT2D eigenvalue weighted by atomic mass is 127. The molecule has 154 valence electrons. The van der Waals surface area contributed by atoms with E-state index in [0.717, 1.165) is 0 Å². The van der Waals surface area contributed by atoms with Gasteiger partial charge in [-0.15, -0.1) is 0 Å². The number of halogens is 2. The zero-order valence-corrected chi connectivity index (χ0v) is 19.9. The van der Waals surface area contributed by atoms with Crippen LogP contribution in [0.3, 0.4) is 0 Å². The Morgan fingerprint density at radius 1 is 0.867 bits per heavy atom. The predicted octanol–water partition coefficient (Wildman–Crippen LogP) is 3.98. The lowest BCUT2D eigenvalue weighted by molar-refractivity contribution is 0.0691. The summed E-state index contributed by atoms with van der Waals surface area (Å²) in [7, 11) is -4.43. The fraction of sp³-hybridized carbons (Fsp3) is 0. The molecule has 2 aromatic carbocycles. The zero-order chi connectivity index (χ0) is 21.9. The van der Waals surface area contributed by atoms with Gasteiger partial charge in [0.25, 0.3) is 10.1 Å². The van der Waals surface area contributed by atoms with Crippen molar-refractivity contribution >= 4 is 67.2 Å². The zero-order valence-electron chi connectivity index (χ0n) is 14.8. The molecule has 0 radical (unpaired) electrons. The molecule has 0 saturated carbocycles. The molecule has 0 saturated heterocycles. The van der Waals surface area contributed by atoms with E-state index in [0.29, 0.717) is 5.75 Å². The van der Waals surface area contributed by atoms with Gasteiger partial charge in [0.1, 0.15) is 16.4 Å². The quantitative estimate of drug-likeness (QED) is 0.191. The van der Waals surface area contributed by atoms with Crippen molar-refractivity contribution < 1.29 is 32.0 Å². The molecule has 1 N–H and O–H groups in total. The van der Waals surface area contributed by atoms with Gasteiger partial charge >= 0.3 is 11.9 Å². The lowest BCUT2D eigenvalue weighted by atomic mass is 10.1. The number of ether oxygens (including phenoxy) is 2. The van der Waals surface area contributed by atoms with Crippen LogP contribution in [0.5, 0.6) is 11.5 Å². The van der Waals surface area contributed by atoms with Crippen LogP contribution < -0.4 is 9.47 Å². The molecule has 3 aromatic rings. The lowest BCUT2D eigenvalue weighted by Crippen LogP contribution is -2.18. The average molecular weight is 651 g/mol. The molecular formula is C19H11I2NO7S. The van der Waals surface area contributed by atoms with Gasteiger partial charge in [0.2, 0.25) is 0 Å². The number of esters is 2. The van der Waals surface area contributed by atoms with Crippen LogP contribution in [0.2, 0.25) is 0 Å². The Kier molecular flexibility index (Phi) is 7.05. The fourth-order valence-corrected chi connectivity index (χ4v) is 6.38. The lowest BCUT2D eigenvalue weighted by Gasteiger charge is -2.11. The molecule has 8 nitrogen and oxygen atoms in total. The number of pyridine rings is 1. The summed E-state index contributed by atoms with van der Waals surface area (Å²) in [4.78, 5) is 28.7. The third kappa shape index (κ3) is 5.33. The summed E-state index contributed by atoms with van der Waals surface area (Å²) in [6.07, 6.45) is 2.52. The summed E-state index contributed by atoms with van der Waals surface area (Å²) in [6, 6.07) is 12.2. The Labute approximate surface area is 198 Å². The minimum absolute atomic E-state index is 0.0420. The van der Waals surface area contributed by atoms with Gasteiger partial charge < -0.3 is 9.47 Å². The first-order valence-electron chi connectivity index (χ1n) is 8.07. The van der Waals surface area contributed by atoms with Crippen molar-refractivity contribution in [2.24, 2.45) is 0 Å². The molecule has 0 aliphatic rings. The third-order valence-electron chi connectivity index (χ3n) is 3.65. The Balaban J connectivity index is 1.87. The number of nitrogens with zero attached hydrogens (tertiary/aromatic N) is 1. The Bertz CT molecular complexity index is 1210. The van der Waals surface area contributed by atoms with Crippen molar-refractivity contribution in [2.75, 3.05) is 0 Å². The van der Waals surface area contributed by atoms with Crippen LogP contribution in [0.4, 0.5) is 0 Å². The molecule has 0 bridgehead atoms. The second-order valence-corrected chi connectivity index (χ2v) is 9.39. The number of benzene rings is 2. The highest BCUT2D eigenvalue weighted by Gasteiger charge is 2.23. The third-order valence-corrected chi connectivity index (χ3v) is 7.04. The molecule has 0 aliphatic heterocycles. The van der Waals surface area contributed by atoms with E-state index in [4.69, 9.17) is 9.47 Å². The maximum Gasteiger partial charge on any atom is 0.345 e. The number of carbonyl (C=O) groups excluding carboxylic acids is 2. The number of hydrogen-bond donors (Lipinski definition) is 1. The van der Waals surface area contributed by atoms with Gasteiger partial charge in [-0.2, -0.15) is 8.42 Å². The minimum atomic E-state index is -4.43. The number of carbonyl (C=O) groups is 2. The first-order chi connectivity index (χ1) is 14.2. The highest BCUT2D eigenvalue weighted by molar-refractivity contribution is 14.1. The smallest absolute Gasteiger partial charge is 0.345 e. The normalized spacial score (nSPS) is 11.0. The first-order valence-corrected chi connectivity index (χ1v) is 11.7. The van der Waals surface area contributed by atoms with E-state index in [1.54, 1.807) is 75.5 Å². The summed E-state index contributed by atoms with van der Waals surface area (Å²) in [5.74, 6) is -1.30. The number of rotatable bonds is 5. The molecule has 0 amide bonds. The summed E-state index contributed by atoms with van der Waals surface area (Å²) in [6.45, 7) is 0. The molecular weight excluding hydrogens is 640 g/mol. The molecule has 11 heteroatoms. The molecule has 0 unspecified atom stereocenters. The van der Waals surface area contributed by atoms with Gasteiger partial charge in [-0.05, 0) is 75.5 Å². The second-order valence-electron chi connectivity index (χ2n) is 5.70. The molecule has 0 fully saturated rings. The van der Waals surface area contributed by atoms with Gasteiger partial charge in [-0.25, -0.2) is 9.59 Å². The van der Waals surface area contributed by atoms with Gasteiger partial charge in [0.05, 0.1) is 11.1 Å². The highest BCUT2D eigenvalue weighted by Crippen LogP contribution is 2.29. The van der Waals surface area contributed by atoms with Crippen LogP contribution in [0.15, 0.2) is 65.8 Å². The first kappa shape index (κ1) is 22.6. The van der Waals surface area contributed by atoms with Crippen molar-refractivity contribution in [2.45, 2.75) is 4.90 Å². The van der Waals surface area contributed by atoms with E-state index in [-0.39, 0.29) is 28.9 Å². The van der Waals surface area contributed by atoms with Crippen LogP contribution >= 0.6 is 45.2 Å². The topological polar surface area (TPSA) is 120 Å². The van der Waals surface area contributed by atoms with E-state index in [2.05, 4.69) is 4.98 Å². The van der Waals surface area contributed by atoms with E-state index in [9.17, 15) is 22.6 Å². The van der Waals surface area contributed by atoms with Crippen LogP contribution in [0.1, 0.15) is 20.7 Å². The number of hydrogen-bond acceptors (Lipinski definition) is 7. The van der Waals surface area contributed by atoms with Gasteiger partial charge in [-0.3, -0.25) is 9.54 Å². The van der Waals surface area contributed by atoms with Crippen molar-refractivity contribution in [3.63, 3.8) is 0 Å². The van der Waals surface area contributed by atoms with E-state index in [1.165, 1.54) is 30.6 Å². The Hall–Kier alpha value is -2.10. The van der Waals surface area contributed by atoms with Crippen LogP contribution in [0, 0.1) is 7.14 Å². The van der Waals surface area contributed by atoms with Crippen molar-refractivity contribution in [1.29, 1.82) is 0 Å². The summed E-state index contributed by atoms with van der Waals surface area (Å²) < 4.78 is 43.2. The van der Waals surface area contributed by atoms with Gasteiger partial charge in [-0.1, -0.05) is 18.2 Å². The molecule has 30 heavy (non-hydrogen) atoms. The van der Waals surface area contributed by atoms with Crippen LogP contribution in [0.25, 0.3) is 0 Å². The van der Waals surface area contributed by atoms with Crippen molar-refractivity contribution in [3.05, 3.63) is 79.2 Å². The number of para-hydroxylation sites is 1. The molecule has 0 aliphatic carbocycles. The molecule has 3 rings (SSSR count). The molecule has 0 spiro atoms. The van der Waals surface area contributed by atoms with Crippen LogP contribution in [-0.4, -0.2) is 29.9 Å². The minimum Gasteiger partial charge on any atom is -0.423 e. The van der Waals surface area contributed by atoms with Crippen LogP contribution in [-0.2, 0) is 10.1 Å². The maximum absolute atomic E-state index is 12.7. The Morgan fingerprint density at radius 2 is 1.43 bits per heavy atom. The molecule has 1 heterocycles. The average Bonchev–Trinajstić information content (AvgIpc) is 2.67. The number of aromatic nitrogens is 1. The fourth-order valence-electron chi connectivity index (χ4n) is 2.39. The van der Waals surface area contributed by atoms with E-state index >= 15 is 0 Å². The molecule has 1 aromatic heterocycles. The largest absolute Gasteiger partial charge is 0.423 e. The summed E-state index contributed by atoms with van der Waals surface area (Å²) in [5, 5.41) is 0. The molecule has 0 atom stereocenters. The van der Waals surface area contributed by atoms with Gasteiger partial charge in [0.15, 0.2) is 0 Å². The monoisotopic (exact) mass is 651 g/mol. The SMILES string of the molecule is O=C(Oc1cc(I)c(S(=O)(=O)O)c(I)c1)c1ccncc1C(=O)Oc1ccccc1. The maximum atomic E-state index is 12.7. The standard InChI is InChI=1S/C19H11I2NO7S/c20-15-8-12(9-16(21)17(15)30(25,26)27)29-18(23)13-6-7-22-10-14(13)19(24)28-11-4-2-1-3-5-11/h1-10H,(H,25,26,27).